The maximum atomic E-state index is 8.85. The van der Waals surface area contributed by atoms with Gasteiger partial charge in [0.05, 0.1) is 17.3 Å². The molecule has 0 aliphatic rings. The number of hydrogen-bond donors (Lipinski definition) is 0. The lowest BCUT2D eigenvalue weighted by Gasteiger charge is -2.00. The molecule has 26 heavy (non-hydrogen) atoms. The second-order valence-corrected chi connectivity index (χ2v) is 6.88. The summed E-state index contributed by atoms with van der Waals surface area (Å²) < 4.78 is 7.83. The lowest BCUT2D eigenvalue weighted by Crippen LogP contribution is -1.90. The molecule has 7 heteroatoms. The van der Waals surface area contributed by atoms with Crippen LogP contribution in [0.3, 0.4) is 0 Å². The summed E-state index contributed by atoms with van der Waals surface area (Å²) in [5, 5.41) is 17.7. The van der Waals surface area contributed by atoms with Crippen molar-refractivity contribution in [3.63, 3.8) is 0 Å². The molecule has 0 bridgehead atoms. The van der Waals surface area contributed by atoms with Gasteiger partial charge in [-0.05, 0) is 43.2 Å². The van der Waals surface area contributed by atoms with E-state index in [1.165, 1.54) is 11.8 Å². The first-order valence-electron chi connectivity index (χ1n) is 8.05. The number of fused-ring (bicyclic) bond motifs is 1. The van der Waals surface area contributed by atoms with E-state index in [9.17, 15) is 0 Å². The Bertz CT molecular complexity index is 1120. The molecule has 3 heterocycles. The van der Waals surface area contributed by atoms with Crippen molar-refractivity contribution in [1.82, 2.24) is 19.6 Å². The van der Waals surface area contributed by atoms with Crippen molar-refractivity contribution < 1.29 is 4.42 Å². The molecule has 0 amide bonds. The average Bonchev–Trinajstić information content (AvgIpc) is 3.23. The summed E-state index contributed by atoms with van der Waals surface area (Å²) in [4.78, 5) is 4.55. The predicted octanol–water partition coefficient (Wildman–Crippen LogP) is 4.17. The van der Waals surface area contributed by atoms with E-state index in [-0.39, 0.29) is 0 Å². The fourth-order valence-electron chi connectivity index (χ4n) is 2.71. The summed E-state index contributed by atoms with van der Waals surface area (Å²) in [6.07, 6.45) is 2.01. The molecular formula is C19H15N5OS. The van der Waals surface area contributed by atoms with Gasteiger partial charge in [-0.3, -0.25) is 4.40 Å². The first-order valence-corrected chi connectivity index (χ1v) is 9.03. The van der Waals surface area contributed by atoms with Crippen molar-refractivity contribution in [3.05, 3.63) is 65.0 Å². The summed E-state index contributed by atoms with van der Waals surface area (Å²) in [5.74, 6) is 1.15. The van der Waals surface area contributed by atoms with Crippen LogP contribution in [0.1, 0.15) is 22.4 Å². The Morgan fingerprint density at radius 3 is 2.69 bits per heavy atom. The van der Waals surface area contributed by atoms with Gasteiger partial charge in [-0.2, -0.15) is 5.26 Å². The summed E-state index contributed by atoms with van der Waals surface area (Å²) >= 11 is 1.47. The average molecular weight is 361 g/mol. The number of imidazole rings is 1. The van der Waals surface area contributed by atoms with Crippen LogP contribution in [-0.2, 0) is 5.75 Å². The standard InChI is InChI=1S/C19H15N5OS/c1-12-3-8-16-21-13(2)17(24(16)10-12)18-22-23-19(25-18)26-11-15-6-4-14(9-20)5-7-15/h3-8,10H,11H2,1-2H3. The normalized spacial score (nSPS) is 11.0. The Morgan fingerprint density at radius 2 is 1.92 bits per heavy atom. The lowest BCUT2D eigenvalue weighted by atomic mass is 10.2. The van der Waals surface area contributed by atoms with E-state index in [4.69, 9.17) is 9.68 Å². The SMILES string of the molecule is Cc1ccc2nc(C)c(-c3nnc(SCc4ccc(C#N)cc4)o3)n2c1. The molecule has 0 spiro atoms. The maximum absolute atomic E-state index is 8.85. The van der Waals surface area contributed by atoms with Crippen molar-refractivity contribution in [2.75, 3.05) is 0 Å². The summed E-state index contributed by atoms with van der Waals surface area (Å²) in [6.45, 7) is 3.97. The highest BCUT2D eigenvalue weighted by Gasteiger charge is 2.17. The van der Waals surface area contributed by atoms with Crippen LogP contribution in [0.4, 0.5) is 0 Å². The summed E-state index contributed by atoms with van der Waals surface area (Å²) in [5.41, 5.74) is 5.40. The largest absolute Gasteiger partial charge is 0.410 e. The molecular weight excluding hydrogens is 346 g/mol. The van der Waals surface area contributed by atoms with Crippen molar-refractivity contribution in [3.8, 4) is 17.7 Å². The minimum Gasteiger partial charge on any atom is -0.410 e. The Morgan fingerprint density at radius 1 is 1.12 bits per heavy atom. The molecule has 6 nitrogen and oxygen atoms in total. The van der Waals surface area contributed by atoms with E-state index in [1.807, 2.05) is 48.7 Å². The molecule has 4 rings (SSSR count). The Kier molecular flexibility index (Phi) is 4.19. The number of rotatable bonds is 4. The van der Waals surface area contributed by atoms with Gasteiger partial charge in [0.25, 0.3) is 11.1 Å². The predicted molar refractivity (Wildman–Crippen MR) is 98.7 cm³/mol. The Hall–Kier alpha value is -3.11. The van der Waals surface area contributed by atoms with Crippen LogP contribution in [0.25, 0.3) is 17.2 Å². The fraction of sp³-hybridized carbons (Fsp3) is 0.158. The van der Waals surface area contributed by atoms with Gasteiger partial charge in [-0.15, -0.1) is 10.2 Å². The van der Waals surface area contributed by atoms with Crippen LogP contribution in [-0.4, -0.2) is 19.6 Å². The molecule has 4 aromatic rings. The van der Waals surface area contributed by atoms with Crippen molar-refractivity contribution in [2.45, 2.75) is 24.8 Å². The van der Waals surface area contributed by atoms with Gasteiger partial charge in [0.15, 0.2) is 0 Å². The molecule has 0 saturated heterocycles. The Labute approximate surface area is 154 Å². The van der Waals surface area contributed by atoms with Crippen molar-refractivity contribution in [2.24, 2.45) is 0 Å². The van der Waals surface area contributed by atoms with Crippen LogP contribution in [0.2, 0.25) is 0 Å². The molecule has 0 unspecified atom stereocenters. The topological polar surface area (TPSA) is 80.0 Å². The van der Waals surface area contributed by atoms with E-state index < -0.39 is 0 Å². The zero-order chi connectivity index (χ0) is 18.1. The number of nitriles is 1. The highest BCUT2D eigenvalue weighted by Crippen LogP contribution is 2.28. The highest BCUT2D eigenvalue weighted by molar-refractivity contribution is 7.98. The number of hydrogen-bond acceptors (Lipinski definition) is 6. The second-order valence-electron chi connectivity index (χ2n) is 5.95. The zero-order valence-electron chi connectivity index (χ0n) is 14.3. The van der Waals surface area contributed by atoms with Gasteiger partial charge >= 0.3 is 0 Å². The molecule has 0 saturated carbocycles. The van der Waals surface area contributed by atoms with Crippen LogP contribution in [0.15, 0.2) is 52.2 Å². The number of benzene rings is 1. The van der Waals surface area contributed by atoms with Gasteiger partial charge in [0, 0.05) is 11.9 Å². The van der Waals surface area contributed by atoms with Crippen molar-refractivity contribution in [1.29, 1.82) is 5.26 Å². The minimum atomic E-state index is 0.461. The van der Waals surface area contributed by atoms with Gasteiger partial charge in [-0.25, -0.2) is 4.98 Å². The van der Waals surface area contributed by atoms with E-state index in [2.05, 4.69) is 21.3 Å². The second kappa shape index (κ2) is 6.65. The first-order chi connectivity index (χ1) is 12.6. The van der Waals surface area contributed by atoms with Crippen LogP contribution < -0.4 is 0 Å². The third kappa shape index (κ3) is 3.07. The van der Waals surface area contributed by atoms with Gasteiger partial charge in [0.2, 0.25) is 0 Å². The maximum Gasteiger partial charge on any atom is 0.277 e. The quantitative estimate of drug-likeness (QED) is 0.508. The smallest absolute Gasteiger partial charge is 0.277 e. The van der Waals surface area contributed by atoms with E-state index in [1.54, 1.807) is 12.1 Å². The Balaban J connectivity index is 1.57. The van der Waals surface area contributed by atoms with Crippen molar-refractivity contribution >= 4 is 17.4 Å². The van der Waals surface area contributed by atoms with Crippen LogP contribution in [0.5, 0.6) is 0 Å². The molecule has 0 radical (unpaired) electrons. The van der Waals surface area contributed by atoms with E-state index >= 15 is 0 Å². The molecule has 3 aromatic heterocycles. The minimum absolute atomic E-state index is 0.461. The van der Waals surface area contributed by atoms with Crippen LogP contribution >= 0.6 is 11.8 Å². The van der Waals surface area contributed by atoms with E-state index in [0.717, 1.165) is 28.2 Å². The molecule has 1 aromatic carbocycles. The molecule has 0 atom stereocenters. The number of thioether (sulfide) groups is 1. The third-order valence-electron chi connectivity index (χ3n) is 4.00. The fourth-order valence-corrected chi connectivity index (χ4v) is 3.43. The lowest BCUT2D eigenvalue weighted by molar-refractivity contribution is 0.464. The van der Waals surface area contributed by atoms with E-state index in [0.29, 0.717) is 22.4 Å². The molecule has 0 N–H and O–H groups in total. The molecule has 0 fully saturated rings. The zero-order valence-corrected chi connectivity index (χ0v) is 15.1. The molecule has 128 valence electrons. The van der Waals surface area contributed by atoms with Gasteiger partial charge < -0.3 is 4.42 Å². The van der Waals surface area contributed by atoms with Gasteiger partial charge in [-0.1, -0.05) is 30.0 Å². The number of aryl methyl sites for hydroxylation is 2. The number of pyridine rings is 1. The van der Waals surface area contributed by atoms with Crippen LogP contribution in [0, 0.1) is 25.2 Å². The highest BCUT2D eigenvalue weighted by atomic mass is 32.2. The summed E-state index contributed by atoms with van der Waals surface area (Å²) in [6, 6.07) is 13.6. The number of aromatic nitrogens is 4. The first kappa shape index (κ1) is 16.4. The van der Waals surface area contributed by atoms with Gasteiger partial charge in [0.1, 0.15) is 11.3 Å². The third-order valence-corrected chi connectivity index (χ3v) is 4.88. The summed E-state index contributed by atoms with van der Waals surface area (Å²) in [7, 11) is 0. The molecule has 0 aliphatic heterocycles. The molecule has 0 aliphatic carbocycles. The monoisotopic (exact) mass is 361 g/mol. The number of nitrogens with zero attached hydrogens (tertiary/aromatic N) is 5.